The normalized spacial score (nSPS) is 13.9. The molecule has 0 N–H and O–H groups in total. The van der Waals surface area contributed by atoms with Crippen LogP contribution in [0, 0.1) is 0 Å². The van der Waals surface area contributed by atoms with Gasteiger partial charge in [-0.1, -0.05) is 77.6 Å². The highest BCUT2D eigenvalue weighted by atomic mass is 15.2. The minimum Gasteiger partial charge on any atom is -0.493 e. The van der Waals surface area contributed by atoms with Crippen molar-refractivity contribution >= 4 is 11.4 Å². The van der Waals surface area contributed by atoms with E-state index in [4.69, 9.17) is 0 Å². The van der Waals surface area contributed by atoms with E-state index < -0.39 is 0 Å². The molecule has 2 nitrogen and oxygen atoms in total. The molecule has 0 aromatic heterocycles. The number of hydrogen-bond acceptors (Lipinski definition) is 0. The Bertz CT molecular complexity index is 909. The Hall–Kier alpha value is -2.48. The minimum atomic E-state index is 0.992. The zero-order valence-electron chi connectivity index (χ0n) is 22.0. The van der Waals surface area contributed by atoms with E-state index in [9.17, 15) is 5.53 Å². The van der Waals surface area contributed by atoms with Crippen LogP contribution >= 0.6 is 0 Å². The molecule has 0 saturated carbocycles. The molecule has 0 fully saturated rings. The molecular formula is C32H44N2. The topological polar surface area (TPSA) is 25.3 Å². The molecule has 2 aromatic rings. The van der Waals surface area contributed by atoms with Crippen molar-refractivity contribution in [2.75, 3.05) is 0 Å². The van der Waals surface area contributed by atoms with E-state index >= 15 is 0 Å². The number of nitrogens with zero attached hydrogens (tertiary/aromatic N) is 2. The molecule has 1 aliphatic rings. The van der Waals surface area contributed by atoms with Crippen LogP contribution in [-0.2, 0) is 12.8 Å². The van der Waals surface area contributed by atoms with Gasteiger partial charge in [-0.25, -0.2) is 4.70 Å². The first-order chi connectivity index (χ1) is 16.6. The molecule has 2 heteroatoms. The summed E-state index contributed by atoms with van der Waals surface area (Å²) in [5.41, 5.74) is 21.3. The van der Waals surface area contributed by atoms with E-state index in [1.807, 2.05) is 0 Å². The van der Waals surface area contributed by atoms with Gasteiger partial charge in [0.25, 0.3) is 0 Å². The molecule has 3 rings (SSSR count). The molecule has 34 heavy (non-hydrogen) atoms. The summed E-state index contributed by atoms with van der Waals surface area (Å²) in [7, 11) is 0. The van der Waals surface area contributed by atoms with Gasteiger partial charge < -0.3 is 5.53 Å². The van der Waals surface area contributed by atoms with Crippen molar-refractivity contribution in [3.63, 3.8) is 0 Å². The Morgan fingerprint density at radius 2 is 0.824 bits per heavy atom. The van der Waals surface area contributed by atoms with E-state index in [2.05, 4.69) is 76.2 Å². The third-order valence-corrected chi connectivity index (χ3v) is 7.01. The van der Waals surface area contributed by atoms with Crippen LogP contribution in [0.5, 0.6) is 0 Å². The van der Waals surface area contributed by atoms with Gasteiger partial charge in [0.05, 0.1) is 0 Å². The summed E-state index contributed by atoms with van der Waals surface area (Å²) in [6, 6.07) is 17.8. The SMILES string of the molecule is CCCCC1=C(c2ccc(CCCC)cc2)[N+](=[N-])C(c2ccc(CCCC)cc2)=C1CCCC. The molecule has 0 radical (unpaired) electrons. The molecule has 0 amide bonds. The van der Waals surface area contributed by atoms with Crippen LogP contribution in [0.15, 0.2) is 59.7 Å². The van der Waals surface area contributed by atoms with Gasteiger partial charge in [-0.15, -0.1) is 0 Å². The van der Waals surface area contributed by atoms with E-state index in [0.29, 0.717) is 0 Å². The molecule has 2 aromatic carbocycles. The van der Waals surface area contributed by atoms with Crippen LogP contribution in [0.1, 0.15) is 114 Å². The van der Waals surface area contributed by atoms with Gasteiger partial charge in [-0.05, 0) is 86.8 Å². The second-order valence-corrected chi connectivity index (χ2v) is 9.77. The maximum absolute atomic E-state index is 11.6. The fourth-order valence-electron chi connectivity index (χ4n) is 4.91. The first-order valence-electron chi connectivity index (χ1n) is 13.8. The molecule has 0 bridgehead atoms. The Balaban J connectivity index is 2.02. The van der Waals surface area contributed by atoms with Crippen LogP contribution < -0.4 is 0 Å². The van der Waals surface area contributed by atoms with Gasteiger partial charge in [0.1, 0.15) is 0 Å². The summed E-state index contributed by atoms with van der Waals surface area (Å²) in [5.74, 6) is 0. The standard InChI is InChI=1S/C32H44N2/c1-5-9-13-25-17-21-27(22-18-25)31-29(15-11-7-3)30(16-12-8-4)32(34(31)33)28-23-19-26(20-24-28)14-10-6-2/h17-24H,5-16H2,1-4H3. The maximum Gasteiger partial charge on any atom is 0.211 e. The Morgan fingerprint density at radius 3 is 1.15 bits per heavy atom. The van der Waals surface area contributed by atoms with Crippen molar-refractivity contribution in [2.45, 2.75) is 105 Å². The van der Waals surface area contributed by atoms with E-state index in [1.165, 1.54) is 52.7 Å². The maximum atomic E-state index is 11.6. The zero-order valence-corrected chi connectivity index (χ0v) is 22.0. The van der Waals surface area contributed by atoms with Crippen LogP contribution in [0.3, 0.4) is 0 Å². The Labute approximate surface area is 208 Å². The highest BCUT2D eigenvalue weighted by Gasteiger charge is 2.34. The molecule has 0 spiro atoms. The van der Waals surface area contributed by atoms with Gasteiger partial charge in [0.2, 0.25) is 11.4 Å². The van der Waals surface area contributed by atoms with Crippen molar-refractivity contribution in [1.82, 2.24) is 0 Å². The number of allylic oxidation sites excluding steroid dienone is 2. The van der Waals surface area contributed by atoms with E-state index in [1.54, 1.807) is 0 Å². The predicted molar refractivity (Wildman–Crippen MR) is 147 cm³/mol. The first-order valence-corrected chi connectivity index (χ1v) is 13.8. The monoisotopic (exact) mass is 456 g/mol. The van der Waals surface area contributed by atoms with Gasteiger partial charge in [-0.3, -0.25) is 0 Å². The fraction of sp³-hybridized carbons (Fsp3) is 0.500. The van der Waals surface area contributed by atoms with Gasteiger partial charge in [0, 0.05) is 22.3 Å². The summed E-state index contributed by atoms with van der Waals surface area (Å²) in [5, 5.41) is 0. The Kier molecular flexibility index (Phi) is 10.3. The lowest BCUT2D eigenvalue weighted by Crippen LogP contribution is -2.03. The molecule has 182 valence electrons. The summed E-state index contributed by atoms with van der Waals surface area (Å²) in [6.07, 6.45) is 13.7. The molecule has 0 unspecified atom stereocenters. The largest absolute Gasteiger partial charge is 0.493 e. The number of aryl methyl sites for hydroxylation is 2. The summed E-state index contributed by atoms with van der Waals surface area (Å²) < 4.78 is 1.51. The summed E-state index contributed by atoms with van der Waals surface area (Å²) >= 11 is 0. The summed E-state index contributed by atoms with van der Waals surface area (Å²) in [4.78, 5) is 0. The summed E-state index contributed by atoms with van der Waals surface area (Å²) in [6.45, 7) is 8.98. The smallest absolute Gasteiger partial charge is 0.211 e. The van der Waals surface area contributed by atoms with Crippen molar-refractivity contribution in [3.8, 4) is 0 Å². The number of hydrogen-bond donors (Lipinski definition) is 0. The van der Waals surface area contributed by atoms with Gasteiger partial charge in [0.15, 0.2) is 0 Å². The average molecular weight is 457 g/mol. The molecule has 1 aliphatic heterocycles. The number of benzene rings is 2. The quantitative estimate of drug-likeness (QED) is 0.253. The highest BCUT2D eigenvalue weighted by molar-refractivity contribution is 5.82. The van der Waals surface area contributed by atoms with Crippen LogP contribution in [0.2, 0.25) is 0 Å². The lowest BCUT2D eigenvalue weighted by molar-refractivity contribution is -0.345. The van der Waals surface area contributed by atoms with Gasteiger partial charge >= 0.3 is 0 Å². The van der Waals surface area contributed by atoms with Crippen molar-refractivity contribution in [2.24, 2.45) is 0 Å². The van der Waals surface area contributed by atoms with Crippen LogP contribution in [-0.4, -0.2) is 4.70 Å². The zero-order chi connectivity index (χ0) is 24.3. The van der Waals surface area contributed by atoms with E-state index in [-0.39, 0.29) is 0 Å². The molecule has 0 saturated heterocycles. The van der Waals surface area contributed by atoms with Crippen LogP contribution in [0.4, 0.5) is 0 Å². The third kappa shape index (κ3) is 6.34. The van der Waals surface area contributed by atoms with Crippen molar-refractivity contribution in [1.29, 1.82) is 0 Å². The minimum absolute atomic E-state index is 0.992. The second-order valence-electron chi connectivity index (χ2n) is 9.77. The highest BCUT2D eigenvalue weighted by Crippen LogP contribution is 2.44. The van der Waals surface area contributed by atoms with Crippen LogP contribution in [0.25, 0.3) is 16.9 Å². The lowest BCUT2D eigenvalue weighted by Gasteiger charge is -2.11. The third-order valence-electron chi connectivity index (χ3n) is 7.01. The van der Waals surface area contributed by atoms with Crippen molar-refractivity contribution in [3.05, 3.63) is 87.5 Å². The number of unbranched alkanes of at least 4 members (excludes halogenated alkanes) is 4. The average Bonchev–Trinajstić information content (AvgIpc) is 3.14. The molecule has 1 heterocycles. The molecule has 0 atom stereocenters. The Morgan fingerprint density at radius 1 is 0.500 bits per heavy atom. The molecule has 0 aliphatic carbocycles. The lowest BCUT2D eigenvalue weighted by atomic mass is 9.92. The van der Waals surface area contributed by atoms with Gasteiger partial charge in [-0.2, -0.15) is 0 Å². The second kappa shape index (κ2) is 13.4. The number of rotatable bonds is 14. The molecular weight excluding hydrogens is 412 g/mol. The first kappa shape index (κ1) is 26.1. The fourth-order valence-corrected chi connectivity index (χ4v) is 4.91. The van der Waals surface area contributed by atoms with E-state index in [0.717, 1.165) is 73.9 Å². The van der Waals surface area contributed by atoms with Crippen molar-refractivity contribution < 1.29 is 4.70 Å². The predicted octanol–water partition coefficient (Wildman–Crippen LogP) is 9.92.